The zero-order valence-electron chi connectivity index (χ0n) is 15.5. The van der Waals surface area contributed by atoms with Gasteiger partial charge in [-0.1, -0.05) is 35.3 Å². The summed E-state index contributed by atoms with van der Waals surface area (Å²) >= 11 is 11.7. The standard InChI is InChI=1S/C19H16Cl2F3NO4/c1-10-8-12(18(28,17(27)29-3)19(22,23)24)5-7-15(10)25(2)16(26)11-4-6-13(20)14(21)9-11/h4-9,28H,1-3H3/t18-/m0/s1. The minimum Gasteiger partial charge on any atom is -0.466 e. The Kier molecular flexibility index (Phi) is 6.51. The second-order valence-corrected chi connectivity index (χ2v) is 7.01. The summed E-state index contributed by atoms with van der Waals surface area (Å²) in [5, 5.41) is 10.5. The van der Waals surface area contributed by atoms with E-state index in [2.05, 4.69) is 4.74 Å². The van der Waals surface area contributed by atoms with E-state index in [0.29, 0.717) is 0 Å². The smallest absolute Gasteiger partial charge is 0.432 e. The molecular weight excluding hydrogens is 434 g/mol. The van der Waals surface area contributed by atoms with Crippen LogP contribution in [0.3, 0.4) is 0 Å². The highest BCUT2D eigenvalue weighted by Gasteiger charge is 2.62. The Hall–Kier alpha value is -2.29. The first-order valence-corrected chi connectivity index (χ1v) is 8.82. The fraction of sp³-hybridized carbons (Fsp3) is 0.263. The van der Waals surface area contributed by atoms with Gasteiger partial charge in [0.15, 0.2) is 0 Å². The van der Waals surface area contributed by atoms with E-state index in [4.69, 9.17) is 23.2 Å². The van der Waals surface area contributed by atoms with E-state index in [1.54, 1.807) is 0 Å². The fourth-order valence-electron chi connectivity index (χ4n) is 2.73. The molecule has 1 N–H and O–H groups in total. The number of carbonyl (C=O) groups excluding carboxylic acids is 2. The van der Waals surface area contributed by atoms with Crippen LogP contribution in [0.25, 0.3) is 0 Å². The number of aliphatic hydroxyl groups is 1. The third kappa shape index (κ3) is 4.19. The van der Waals surface area contributed by atoms with Gasteiger partial charge in [0, 0.05) is 23.9 Å². The molecule has 0 spiro atoms. The fourth-order valence-corrected chi connectivity index (χ4v) is 3.03. The van der Waals surface area contributed by atoms with Crippen molar-refractivity contribution in [1.29, 1.82) is 0 Å². The largest absolute Gasteiger partial charge is 0.466 e. The van der Waals surface area contributed by atoms with E-state index in [1.165, 1.54) is 43.1 Å². The Balaban J connectivity index is 2.46. The van der Waals surface area contributed by atoms with Gasteiger partial charge >= 0.3 is 12.1 Å². The van der Waals surface area contributed by atoms with Gasteiger partial charge in [0.05, 0.1) is 17.2 Å². The number of esters is 1. The lowest BCUT2D eigenvalue weighted by Gasteiger charge is -2.29. The third-order valence-electron chi connectivity index (χ3n) is 4.34. The molecule has 0 heterocycles. The highest BCUT2D eigenvalue weighted by atomic mass is 35.5. The van der Waals surface area contributed by atoms with Gasteiger partial charge in [0.25, 0.3) is 11.5 Å². The van der Waals surface area contributed by atoms with Crippen molar-refractivity contribution in [2.45, 2.75) is 18.7 Å². The molecule has 0 aliphatic heterocycles. The predicted molar refractivity (Wildman–Crippen MR) is 102 cm³/mol. The number of ether oxygens (including phenoxy) is 1. The summed E-state index contributed by atoms with van der Waals surface area (Å²) in [4.78, 5) is 25.6. The summed E-state index contributed by atoms with van der Waals surface area (Å²) in [6.07, 6.45) is -5.31. The lowest BCUT2D eigenvalue weighted by molar-refractivity contribution is -0.266. The van der Waals surface area contributed by atoms with E-state index in [1.807, 2.05) is 0 Å². The summed E-state index contributed by atoms with van der Waals surface area (Å²) in [5.74, 6) is -2.35. The minimum atomic E-state index is -5.31. The van der Waals surface area contributed by atoms with Gasteiger partial charge in [-0.3, -0.25) is 4.79 Å². The molecule has 0 bridgehead atoms. The molecule has 156 valence electrons. The van der Waals surface area contributed by atoms with Crippen molar-refractivity contribution in [3.05, 3.63) is 63.1 Å². The number of rotatable bonds is 4. The summed E-state index contributed by atoms with van der Waals surface area (Å²) in [5.41, 5.74) is -3.87. The van der Waals surface area contributed by atoms with E-state index < -0.39 is 29.2 Å². The average Bonchev–Trinajstić information content (AvgIpc) is 2.66. The number of amides is 1. The van der Waals surface area contributed by atoms with Crippen LogP contribution in [0.5, 0.6) is 0 Å². The quantitative estimate of drug-likeness (QED) is 0.697. The molecule has 0 aromatic heterocycles. The molecule has 0 fully saturated rings. The molecule has 0 unspecified atom stereocenters. The van der Waals surface area contributed by atoms with Crippen LogP contribution < -0.4 is 4.90 Å². The van der Waals surface area contributed by atoms with Crippen molar-refractivity contribution < 1.29 is 32.6 Å². The molecule has 1 amide bonds. The maximum atomic E-state index is 13.4. The number of carbonyl (C=O) groups is 2. The second-order valence-electron chi connectivity index (χ2n) is 6.19. The van der Waals surface area contributed by atoms with Crippen LogP contribution in [-0.4, -0.2) is 37.3 Å². The Morgan fingerprint density at radius 3 is 2.17 bits per heavy atom. The number of nitrogens with zero attached hydrogens (tertiary/aromatic N) is 1. The minimum absolute atomic E-state index is 0.173. The van der Waals surface area contributed by atoms with Crippen LogP contribution in [0.1, 0.15) is 21.5 Å². The van der Waals surface area contributed by atoms with Crippen molar-refractivity contribution in [3.63, 3.8) is 0 Å². The number of hydrogen-bond acceptors (Lipinski definition) is 4. The Morgan fingerprint density at radius 2 is 1.69 bits per heavy atom. The SMILES string of the molecule is COC(=O)[C@@](O)(c1ccc(N(C)C(=O)c2ccc(Cl)c(Cl)c2)c(C)c1)C(F)(F)F. The Labute approximate surface area is 174 Å². The van der Waals surface area contributed by atoms with Gasteiger partial charge in [-0.05, 0) is 36.8 Å². The topological polar surface area (TPSA) is 66.8 Å². The monoisotopic (exact) mass is 449 g/mol. The molecule has 10 heteroatoms. The molecule has 2 rings (SSSR count). The number of aryl methyl sites for hydroxylation is 1. The summed E-state index contributed by atoms with van der Waals surface area (Å²) in [6, 6.07) is 7.34. The van der Waals surface area contributed by atoms with Crippen molar-refractivity contribution in [1.82, 2.24) is 0 Å². The lowest BCUT2D eigenvalue weighted by Crippen LogP contribution is -2.49. The first-order chi connectivity index (χ1) is 13.3. The zero-order chi connectivity index (χ0) is 22.1. The van der Waals surface area contributed by atoms with Gasteiger partial charge in [0.1, 0.15) is 0 Å². The summed E-state index contributed by atoms with van der Waals surface area (Å²) in [7, 11) is 2.16. The van der Waals surface area contributed by atoms with Crippen LogP contribution in [0.4, 0.5) is 18.9 Å². The number of hydrogen-bond donors (Lipinski definition) is 1. The molecule has 0 saturated carbocycles. The summed E-state index contributed by atoms with van der Waals surface area (Å²) < 4.78 is 44.3. The van der Waals surface area contributed by atoms with E-state index in [0.717, 1.165) is 19.2 Å². The zero-order valence-corrected chi connectivity index (χ0v) is 17.0. The molecule has 29 heavy (non-hydrogen) atoms. The maximum Gasteiger partial charge on any atom is 0.432 e. The Morgan fingerprint density at radius 1 is 1.07 bits per heavy atom. The molecule has 5 nitrogen and oxygen atoms in total. The highest BCUT2D eigenvalue weighted by Crippen LogP contribution is 2.41. The molecule has 2 aromatic rings. The molecule has 0 aliphatic carbocycles. The van der Waals surface area contributed by atoms with Crippen LogP contribution in [0.15, 0.2) is 36.4 Å². The molecular formula is C19H16Cl2F3NO4. The van der Waals surface area contributed by atoms with Crippen LogP contribution in [-0.2, 0) is 15.1 Å². The molecule has 2 aromatic carbocycles. The molecule has 0 aliphatic rings. The van der Waals surface area contributed by atoms with E-state index in [-0.39, 0.29) is 26.9 Å². The third-order valence-corrected chi connectivity index (χ3v) is 5.08. The molecule has 0 radical (unpaired) electrons. The first-order valence-electron chi connectivity index (χ1n) is 8.06. The highest BCUT2D eigenvalue weighted by molar-refractivity contribution is 6.42. The van der Waals surface area contributed by atoms with Gasteiger partial charge in [-0.2, -0.15) is 13.2 Å². The molecule has 0 saturated heterocycles. The Bertz CT molecular complexity index is 965. The number of alkyl halides is 3. The van der Waals surface area contributed by atoms with E-state index >= 15 is 0 Å². The van der Waals surface area contributed by atoms with Gasteiger partial charge in [-0.15, -0.1) is 0 Å². The van der Waals surface area contributed by atoms with Gasteiger partial charge < -0.3 is 14.7 Å². The number of halogens is 5. The number of benzene rings is 2. The summed E-state index contributed by atoms with van der Waals surface area (Å²) in [6.45, 7) is 1.44. The number of anilines is 1. The van der Waals surface area contributed by atoms with Crippen LogP contribution in [0.2, 0.25) is 10.0 Å². The van der Waals surface area contributed by atoms with Crippen molar-refractivity contribution in [2.75, 3.05) is 19.1 Å². The second kappa shape index (κ2) is 8.22. The van der Waals surface area contributed by atoms with Gasteiger partial charge in [0.2, 0.25) is 0 Å². The lowest BCUT2D eigenvalue weighted by atomic mass is 9.91. The van der Waals surface area contributed by atoms with Crippen LogP contribution in [0, 0.1) is 6.92 Å². The van der Waals surface area contributed by atoms with Crippen LogP contribution >= 0.6 is 23.2 Å². The van der Waals surface area contributed by atoms with Crippen molar-refractivity contribution in [2.24, 2.45) is 0 Å². The maximum absolute atomic E-state index is 13.4. The molecule has 1 atom stereocenters. The van der Waals surface area contributed by atoms with Crippen molar-refractivity contribution >= 4 is 40.8 Å². The normalized spacial score (nSPS) is 13.6. The number of methoxy groups -OCH3 is 1. The van der Waals surface area contributed by atoms with Gasteiger partial charge in [-0.25, -0.2) is 4.79 Å². The first kappa shape index (κ1) is 23.0. The van der Waals surface area contributed by atoms with Crippen molar-refractivity contribution in [3.8, 4) is 0 Å². The van der Waals surface area contributed by atoms with E-state index in [9.17, 15) is 27.9 Å². The predicted octanol–water partition coefficient (Wildman–Crippen LogP) is 4.50. The average molecular weight is 450 g/mol.